The van der Waals surface area contributed by atoms with Crippen LogP contribution in [-0.2, 0) is 0 Å². The van der Waals surface area contributed by atoms with Crippen LogP contribution in [0.1, 0.15) is 24.2 Å². The molecule has 1 aliphatic heterocycles. The maximum atomic E-state index is 12.5. The van der Waals surface area contributed by atoms with E-state index in [1.807, 2.05) is 19.1 Å². The van der Waals surface area contributed by atoms with E-state index >= 15 is 0 Å². The summed E-state index contributed by atoms with van der Waals surface area (Å²) in [6.07, 6.45) is 0. The Balaban J connectivity index is 2.06. The molecule has 2 rings (SSSR count). The average molecular weight is 295 g/mol. The minimum Gasteiger partial charge on any atom is -0.305 e. The number of hydrogen-bond donors (Lipinski definition) is 0. The van der Waals surface area contributed by atoms with Crippen LogP contribution in [0.4, 0.5) is 0 Å². The predicted octanol–water partition coefficient (Wildman–Crippen LogP) is 2.79. The third-order valence-corrected chi connectivity index (χ3v) is 4.57. The number of ketones is 1. The SMILES string of the molecule is CC1CN(C(C)C(=O)c2ccc(Cl)cc2)CC1N(C)C. The lowest BCUT2D eigenvalue weighted by molar-refractivity contribution is 0.0858. The molecule has 1 aliphatic rings. The topological polar surface area (TPSA) is 23.6 Å². The van der Waals surface area contributed by atoms with Crippen molar-refractivity contribution in [3.63, 3.8) is 0 Å². The fourth-order valence-corrected chi connectivity index (χ4v) is 3.12. The van der Waals surface area contributed by atoms with Crippen LogP contribution in [0.25, 0.3) is 0 Å². The first kappa shape index (κ1) is 15.5. The quantitative estimate of drug-likeness (QED) is 0.798. The van der Waals surface area contributed by atoms with Crippen molar-refractivity contribution in [3.05, 3.63) is 34.9 Å². The van der Waals surface area contributed by atoms with Gasteiger partial charge in [0, 0.05) is 29.7 Å². The number of likely N-dealkylation sites (N-methyl/N-ethyl adjacent to an activating group) is 1. The Hall–Kier alpha value is -0.900. The molecule has 4 heteroatoms. The van der Waals surface area contributed by atoms with E-state index in [4.69, 9.17) is 11.6 Å². The number of rotatable bonds is 4. The Bertz CT molecular complexity index is 472. The van der Waals surface area contributed by atoms with Crippen molar-refractivity contribution in [3.8, 4) is 0 Å². The monoisotopic (exact) mass is 294 g/mol. The molecule has 0 radical (unpaired) electrons. The highest BCUT2D eigenvalue weighted by atomic mass is 35.5. The van der Waals surface area contributed by atoms with E-state index in [9.17, 15) is 4.79 Å². The van der Waals surface area contributed by atoms with Gasteiger partial charge in [0.2, 0.25) is 0 Å². The Morgan fingerprint density at radius 1 is 1.30 bits per heavy atom. The zero-order valence-electron chi connectivity index (χ0n) is 12.6. The number of benzene rings is 1. The van der Waals surface area contributed by atoms with Crippen molar-refractivity contribution in [2.24, 2.45) is 5.92 Å². The van der Waals surface area contributed by atoms with E-state index in [1.54, 1.807) is 12.1 Å². The largest absolute Gasteiger partial charge is 0.305 e. The first-order valence-corrected chi connectivity index (χ1v) is 7.48. The predicted molar refractivity (Wildman–Crippen MR) is 83.5 cm³/mol. The van der Waals surface area contributed by atoms with Crippen LogP contribution < -0.4 is 0 Å². The molecular formula is C16H23ClN2O. The molecule has 0 spiro atoms. The molecule has 0 aliphatic carbocycles. The molecule has 1 fully saturated rings. The van der Waals surface area contributed by atoms with Crippen LogP contribution in [0.2, 0.25) is 5.02 Å². The molecule has 3 unspecified atom stereocenters. The van der Waals surface area contributed by atoms with E-state index < -0.39 is 0 Å². The van der Waals surface area contributed by atoms with E-state index in [0.717, 1.165) is 18.7 Å². The minimum atomic E-state index is -0.0800. The summed E-state index contributed by atoms with van der Waals surface area (Å²) in [6.45, 7) is 6.18. The molecule has 0 bridgehead atoms. The van der Waals surface area contributed by atoms with Gasteiger partial charge in [-0.3, -0.25) is 9.69 Å². The van der Waals surface area contributed by atoms with Gasteiger partial charge < -0.3 is 4.90 Å². The van der Waals surface area contributed by atoms with Crippen molar-refractivity contribution >= 4 is 17.4 Å². The van der Waals surface area contributed by atoms with Crippen molar-refractivity contribution in [1.82, 2.24) is 9.80 Å². The van der Waals surface area contributed by atoms with Gasteiger partial charge in [0.05, 0.1) is 6.04 Å². The second-order valence-corrected chi connectivity index (χ2v) is 6.45. The van der Waals surface area contributed by atoms with Gasteiger partial charge in [-0.2, -0.15) is 0 Å². The zero-order valence-corrected chi connectivity index (χ0v) is 13.4. The van der Waals surface area contributed by atoms with Gasteiger partial charge in [-0.05, 0) is 51.2 Å². The summed E-state index contributed by atoms with van der Waals surface area (Å²) in [5.74, 6) is 0.763. The molecule has 0 N–H and O–H groups in total. The first-order valence-electron chi connectivity index (χ1n) is 7.10. The van der Waals surface area contributed by atoms with E-state index in [-0.39, 0.29) is 11.8 Å². The third kappa shape index (κ3) is 3.22. The molecule has 1 saturated heterocycles. The van der Waals surface area contributed by atoms with Crippen LogP contribution in [-0.4, -0.2) is 54.9 Å². The average Bonchev–Trinajstić information content (AvgIpc) is 2.80. The molecule has 0 aromatic heterocycles. The molecule has 1 aromatic carbocycles. The fraction of sp³-hybridized carbons (Fsp3) is 0.562. The molecule has 3 atom stereocenters. The summed E-state index contributed by atoms with van der Waals surface area (Å²) in [7, 11) is 4.21. The van der Waals surface area contributed by atoms with Crippen molar-refractivity contribution in [2.45, 2.75) is 25.9 Å². The second-order valence-electron chi connectivity index (χ2n) is 6.01. The molecular weight excluding hydrogens is 272 g/mol. The highest BCUT2D eigenvalue weighted by molar-refractivity contribution is 6.30. The highest BCUT2D eigenvalue weighted by Gasteiger charge is 2.35. The Labute approximate surface area is 126 Å². The molecule has 1 heterocycles. The summed E-state index contributed by atoms with van der Waals surface area (Å²) in [5, 5.41) is 0.664. The Morgan fingerprint density at radius 2 is 1.90 bits per heavy atom. The van der Waals surface area contributed by atoms with Gasteiger partial charge in [0.15, 0.2) is 5.78 Å². The molecule has 0 saturated carbocycles. The maximum absolute atomic E-state index is 12.5. The van der Waals surface area contributed by atoms with Gasteiger partial charge in [-0.15, -0.1) is 0 Å². The highest BCUT2D eigenvalue weighted by Crippen LogP contribution is 2.23. The fourth-order valence-electron chi connectivity index (χ4n) is 3.00. The van der Waals surface area contributed by atoms with Gasteiger partial charge in [0.25, 0.3) is 0 Å². The standard InChI is InChI=1S/C16H23ClN2O/c1-11-9-19(10-15(11)18(3)4)12(2)16(20)13-5-7-14(17)8-6-13/h5-8,11-12,15H,9-10H2,1-4H3. The van der Waals surface area contributed by atoms with Crippen molar-refractivity contribution in [2.75, 3.05) is 27.2 Å². The minimum absolute atomic E-state index is 0.0800. The Morgan fingerprint density at radius 3 is 2.40 bits per heavy atom. The maximum Gasteiger partial charge on any atom is 0.179 e. The number of carbonyl (C=O) groups is 1. The number of Topliss-reactive ketones (excluding diaryl/α,β-unsaturated/α-hetero) is 1. The molecule has 110 valence electrons. The van der Waals surface area contributed by atoms with Crippen molar-refractivity contribution < 1.29 is 4.79 Å². The summed E-state index contributed by atoms with van der Waals surface area (Å²) in [4.78, 5) is 17.1. The number of hydrogen-bond acceptors (Lipinski definition) is 3. The summed E-state index contributed by atoms with van der Waals surface area (Å²) in [6, 6.07) is 7.61. The van der Waals surface area contributed by atoms with Crippen LogP contribution >= 0.6 is 11.6 Å². The third-order valence-electron chi connectivity index (χ3n) is 4.32. The van der Waals surface area contributed by atoms with Crippen LogP contribution in [0.3, 0.4) is 0 Å². The summed E-state index contributed by atoms with van der Waals surface area (Å²) < 4.78 is 0. The summed E-state index contributed by atoms with van der Waals surface area (Å²) >= 11 is 5.87. The number of halogens is 1. The number of likely N-dealkylation sites (tertiary alicyclic amines) is 1. The molecule has 0 amide bonds. The van der Waals surface area contributed by atoms with Gasteiger partial charge in [0.1, 0.15) is 0 Å². The van der Waals surface area contributed by atoms with Gasteiger partial charge in [-0.1, -0.05) is 18.5 Å². The smallest absolute Gasteiger partial charge is 0.179 e. The van der Waals surface area contributed by atoms with Gasteiger partial charge in [-0.25, -0.2) is 0 Å². The zero-order chi connectivity index (χ0) is 14.9. The van der Waals surface area contributed by atoms with E-state index in [2.05, 4.69) is 30.8 Å². The lowest BCUT2D eigenvalue weighted by atomic mass is 10.0. The number of nitrogens with zero attached hydrogens (tertiary/aromatic N) is 2. The van der Waals surface area contributed by atoms with E-state index in [0.29, 0.717) is 17.0 Å². The van der Waals surface area contributed by atoms with Crippen LogP contribution in [0, 0.1) is 5.92 Å². The summed E-state index contributed by atoms with van der Waals surface area (Å²) in [5.41, 5.74) is 0.739. The van der Waals surface area contributed by atoms with E-state index in [1.165, 1.54) is 0 Å². The van der Waals surface area contributed by atoms with Crippen LogP contribution in [0.15, 0.2) is 24.3 Å². The van der Waals surface area contributed by atoms with Crippen LogP contribution in [0.5, 0.6) is 0 Å². The molecule has 20 heavy (non-hydrogen) atoms. The normalized spacial score (nSPS) is 25.1. The lowest BCUT2D eigenvalue weighted by Gasteiger charge is -2.25. The van der Waals surface area contributed by atoms with Gasteiger partial charge >= 0.3 is 0 Å². The lowest BCUT2D eigenvalue weighted by Crippen LogP contribution is -2.40. The number of carbonyl (C=O) groups excluding carboxylic acids is 1. The second kappa shape index (κ2) is 6.25. The molecule has 3 nitrogen and oxygen atoms in total. The molecule has 1 aromatic rings. The Kier molecular flexibility index (Phi) is 4.84. The first-order chi connectivity index (χ1) is 9.40. The van der Waals surface area contributed by atoms with Crippen molar-refractivity contribution in [1.29, 1.82) is 0 Å².